The van der Waals surface area contributed by atoms with Crippen molar-refractivity contribution in [2.24, 2.45) is 0 Å². The fraction of sp³-hybridized carbons (Fsp3) is 0.577. The van der Waals surface area contributed by atoms with E-state index < -0.39 is 0 Å². The van der Waals surface area contributed by atoms with Crippen molar-refractivity contribution in [1.82, 2.24) is 10.2 Å². The lowest BCUT2D eigenvalue weighted by atomic mass is 9.94. The van der Waals surface area contributed by atoms with Crippen LogP contribution in [0.5, 0.6) is 5.75 Å². The summed E-state index contributed by atoms with van der Waals surface area (Å²) in [6.07, 6.45) is 8.20. The van der Waals surface area contributed by atoms with Gasteiger partial charge >= 0.3 is 0 Å². The quantitative estimate of drug-likeness (QED) is 0.520. The molecule has 3 rings (SSSR count). The van der Waals surface area contributed by atoms with Gasteiger partial charge in [0.1, 0.15) is 17.1 Å². The molecule has 1 atom stereocenters. The molecule has 1 amide bonds. The second-order valence-electron chi connectivity index (χ2n) is 8.67. The second kappa shape index (κ2) is 10.9. The lowest BCUT2D eigenvalue weighted by molar-refractivity contribution is -0.117. The monoisotopic (exact) mass is 426 g/mol. The van der Waals surface area contributed by atoms with E-state index in [1.165, 1.54) is 18.4 Å². The second-order valence-corrected chi connectivity index (χ2v) is 8.67. The molecule has 1 aliphatic carbocycles. The highest BCUT2D eigenvalue weighted by Crippen LogP contribution is 2.37. The van der Waals surface area contributed by atoms with E-state index in [0.29, 0.717) is 0 Å². The third kappa shape index (κ3) is 5.70. The molecule has 1 unspecified atom stereocenters. The molecule has 0 saturated carbocycles. The zero-order valence-electron chi connectivity index (χ0n) is 19.8. The molecule has 0 aliphatic heterocycles. The zero-order chi connectivity index (χ0) is 22.4. The number of nitrogens with zero attached hydrogens (tertiary/aromatic N) is 1. The van der Waals surface area contributed by atoms with Gasteiger partial charge in [0.05, 0.1) is 7.11 Å². The molecule has 170 valence electrons. The predicted molar refractivity (Wildman–Crippen MR) is 128 cm³/mol. The molecule has 5 heteroatoms. The molecule has 0 saturated heterocycles. The Morgan fingerprint density at radius 3 is 2.71 bits per heavy atom. The highest BCUT2D eigenvalue weighted by atomic mass is 16.5. The van der Waals surface area contributed by atoms with E-state index >= 15 is 0 Å². The maximum Gasteiger partial charge on any atom is 0.244 e. The van der Waals surface area contributed by atoms with Gasteiger partial charge in [0.2, 0.25) is 5.91 Å². The third-order valence-corrected chi connectivity index (χ3v) is 6.44. The van der Waals surface area contributed by atoms with Gasteiger partial charge in [-0.2, -0.15) is 0 Å². The number of ether oxygens (including phenoxy) is 1. The Morgan fingerprint density at radius 2 is 2.00 bits per heavy atom. The SMILES string of the molecule is CCN(CC)CCCC(C)NC(=O)/C=C(\C)c1cc2c3c(oc2cc1OC)CCCC3. The molecular formula is C26H38N2O3. The first-order valence-corrected chi connectivity index (χ1v) is 11.8. The summed E-state index contributed by atoms with van der Waals surface area (Å²) in [7, 11) is 1.67. The van der Waals surface area contributed by atoms with E-state index in [1.807, 2.05) is 13.0 Å². The average Bonchev–Trinajstić information content (AvgIpc) is 3.13. The van der Waals surface area contributed by atoms with Crippen LogP contribution in [-0.2, 0) is 17.6 Å². The lowest BCUT2D eigenvalue weighted by Crippen LogP contribution is -2.32. The number of hydrogen-bond donors (Lipinski definition) is 1. The number of aryl methyl sites for hydroxylation is 2. The molecule has 1 aromatic heterocycles. The third-order valence-electron chi connectivity index (χ3n) is 6.44. The molecule has 1 N–H and O–H groups in total. The Balaban J connectivity index is 1.70. The van der Waals surface area contributed by atoms with Gasteiger partial charge in [-0.1, -0.05) is 13.8 Å². The molecule has 5 nitrogen and oxygen atoms in total. The summed E-state index contributed by atoms with van der Waals surface area (Å²) in [6, 6.07) is 4.25. The Labute approximate surface area is 186 Å². The minimum Gasteiger partial charge on any atom is -0.496 e. The fourth-order valence-electron chi connectivity index (χ4n) is 4.56. The Kier molecular flexibility index (Phi) is 8.19. The maximum atomic E-state index is 12.6. The molecular weight excluding hydrogens is 388 g/mol. The minimum absolute atomic E-state index is 0.0517. The number of methoxy groups -OCH3 is 1. The molecule has 1 heterocycles. The van der Waals surface area contributed by atoms with Crippen molar-refractivity contribution in [2.75, 3.05) is 26.7 Å². The highest BCUT2D eigenvalue weighted by molar-refractivity contribution is 5.97. The summed E-state index contributed by atoms with van der Waals surface area (Å²) in [5, 5.41) is 4.27. The van der Waals surface area contributed by atoms with Gasteiger partial charge in [0.25, 0.3) is 0 Å². The number of benzene rings is 1. The minimum atomic E-state index is -0.0517. The average molecular weight is 427 g/mol. The van der Waals surface area contributed by atoms with Crippen LogP contribution >= 0.6 is 0 Å². The van der Waals surface area contributed by atoms with Gasteiger partial charge in [-0.05, 0) is 77.2 Å². The number of amides is 1. The maximum absolute atomic E-state index is 12.6. The van der Waals surface area contributed by atoms with Crippen molar-refractivity contribution in [1.29, 1.82) is 0 Å². The zero-order valence-corrected chi connectivity index (χ0v) is 19.8. The van der Waals surface area contributed by atoms with Crippen LogP contribution < -0.4 is 10.1 Å². The van der Waals surface area contributed by atoms with Crippen LogP contribution in [0.2, 0.25) is 0 Å². The van der Waals surface area contributed by atoms with Crippen molar-refractivity contribution >= 4 is 22.4 Å². The molecule has 0 radical (unpaired) electrons. The first-order chi connectivity index (χ1) is 15.0. The number of hydrogen-bond acceptors (Lipinski definition) is 4. The Morgan fingerprint density at radius 1 is 1.26 bits per heavy atom. The lowest BCUT2D eigenvalue weighted by Gasteiger charge is -2.19. The number of allylic oxidation sites excluding steroid dienone is 1. The Bertz CT molecular complexity index is 924. The summed E-state index contributed by atoms with van der Waals surface area (Å²) in [6.45, 7) is 11.7. The topological polar surface area (TPSA) is 54.7 Å². The van der Waals surface area contributed by atoms with Crippen molar-refractivity contribution in [2.45, 2.75) is 72.3 Å². The van der Waals surface area contributed by atoms with Crippen LogP contribution in [0, 0.1) is 0 Å². The van der Waals surface area contributed by atoms with Gasteiger partial charge in [0.15, 0.2) is 0 Å². The predicted octanol–water partition coefficient (Wildman–Crippen LogP) is 5.35. The number of rotatable bonds is 10. The van der Waals surface area contributed by atoms with E-state index in [2.05, 4.69) is 37.1 Å². The molecule has 31 heavy (non-hydrogen) atoms. The van der Waals surface area contributed by atoms with Crippen LogP contribution in [0.4, 0.5) is 0 Å². The van der Waals surface area contributed by atoms with Gasteiger partial charge < -0.3 is 19.4 Å². The van der Waals surface area contributed by atoms with Crippen molar-refractivity contribution in [3.8, 4) is 5.75 Å². The standard InChI is InChI=1S/C26H38N2O3/c1-6-28(7-2)14-10-11-19(4)27-26(29)15-18(3)21-16-22-20-12-8-9-13-23(20)31-25(22)17-24(21)30-5/h15-17,19H,6-14H2,1-5H3,(H,27,29)/b18-15+. The first-order valence-electron chi connectivity index (χ1n) is 11.8. The van der Waals surface area contributed by atoms with Crippen LogP contribution in [0.3, 0.4) is 0 Å². The van der Waals surface area contributed by atoms with E-state index in [1.54, 1.807) is 13.2 Å². The molecule has 1 aliphatic rings. The van der Waals surface area contributed by atoms with Crippen molar-refractivity contribution in [3.63, 3.8) is 0 Å². The van der Waals surface area contributed by atoms with Crippen LogP contribution in [0.1, 0.15) is 70.3 Å². The van der Waals surface area contributed by atoms with Gasteiger partial charge in [0, 0.05) is 41.1 Å². The molecule has 1 aromatic carbocycles. The van der Waals surface area contributed by atoms with Crippen LogP contribution in [0.25, 0.3) is 16.5 Å². The number of fused-ring (bicyclic) bond motifs is 3. The van der Waals surface area contributed by atoms with Crippen LogP contribution in [-0.4, -0.2) is 43.6 Å². The Hall–Kier alpha value is -2.27. The molecule has 0 bridgehead atoms. The number of furan rings is 1. The van der Waals surface area contributed by atoms with E-state index in [4.69, 9.17) is 9.15 Å². The van der Waals surface area contributed by atoms with Gasteiger partial charge in [-0.25, -0.2) is 0 Å². The highest BCUT2D eigenvalue weighted by Gasteiger charge is 2.20. The summed E-state index contributed by atoms with van der Waals surface area (Å²) >= 11 is 0. The van der Waals surface area contributed by atoms with E-state index in [-0.39, 0.29) is 11.9 Å². The van der Waals surface area contributed by atoms with Crippen molar-refractivity contribution in [3.05, 3.63) is 35.1 Å². The number of carbonyl (C=O) groups excluding carboxylic acids is 1. The molecule has 2 aromatic rings. The van der Waals surface area contributed by atoms with E-state index in [9.17, 15) is 4.79 Å². The van der Waals surface area contributed by atoms with Gasteiger partial charge in [-0.15, -0.1) is 0 Å². The van der Waals surface area contributed by atoms with Gasteiger partial charge in [-0.3, -0.25) is 4.79 Å². The summed E-state index contributed by atoms with van der Waals surface area (Å²) in [5.41, 5.74) is 4.06. The van der Waals surface area contributed by atoms with Crippen molar-refractivity contribution < 1.29 is 13.9 Å². The summed E-state index contributed by atoms with van der Waals surface area (Å²) in [5.74, 6) is 1.80. The fourth-order valence-corrected chi connectivity index (χ4v) is 4.56. The summed E-state index contributed by atoms with van der Waals surface area (Å²) in [4.78, 5) is 15.0. The smallest absolute Gasteiger partial charge is 0.244 e. The van der Waals surface area contributed by atoms with Crippen LogP contribution in [0.15, 0.2) is 22.6 Å². The molecule has 0 fully saturated rings. The summed E-state index contributed by atoms with van der Waals surface area (Å²) < 4.78 is 11.7. The first kappa shape index (κ1) is 23.4. The number of carbonyl (C=O) groups is 1. The molecule has 0 spiro atoms. The number of nitrogens with one attached hydrogen (secondary N) is 1. The normalized spacial score (nSPS) is 15.2. The largest absolute Gasteiger partial charge is 0.496 e. The van der Waals surface area contributed by atoms with E-state index in [0.717, 1.165) is 78.9 Å².